The van der Waals surface area contributed by atoms with Gasteiger partial charge in [-0.1, -0.05) is 255 Å². The number of hydrogen-bond acceptors (Lipinski definition) is 0. The fourth-order valence-electron chi connectivity index (χ4n) is 12.9. The van der Waals surface area contributed by atoms with Crippen molar-refractivity contribution in [1.29, 1.82) is 0 Å². The summed E-state index contributed by atoms with van der Waals surface area (Å²) in [5, 5.41) is 7.82. The highest BCUT2D eigenvalue weighted by atomic mass is 14.4. The predicted octanol–water partition coefficient (Wildman–Crippen LogP) is 19.8. The summed E-state index contributed by atoms with van der Waals surface area (Å²) < 4.78 is 0. The highest BCUT2D eigenvalue weighted by Crippen LogP contribution is 2.60. The Hall–Kier alpha value is -9.10. The van der Waals surface area contributed by atoms with E-state index in [9.17, 15) is 0 Å². The van der Waals surface area contributed by atoms with Crippen molar-refractivity contribution >= 4 is 54.6 Å². The van der Waals surface area contributed by atoms with Gasteiger partial charge < -0.3 is 0 Å². The summed E-state index contributed by atoms with van der Waals surface area (Å²) in [5.41, 5.74) is 28.7. The van der Waals surface area contributed by atoms with Crippen LogP contribution in [0.25, 0.3) is 132 Å². The van der Waals surface area contributed by atoms with Gasteiger partial charge in [0, 0.05) is 0 Å². The van der Waals surface area contributed by atoms with E-state index in [4.69, 9.17) is 0 Å². The third kappa shape index (κ3) is 6.12. The standard InChI is InChI=1S/C72H46/c1-5-17-45(18-6-1)47-31-35-50(36-32-47)54-40-39-53(49-21-9-3-10-22-49)69-61-29-15-27-57-55(41-43-63(67(57)61)70(54)69)56-42-44-64-68-58(56)28-16-30-62(68)71-65(51-23-11-4-12-24-51)59-25-13-14-26-60(59)66(72(64)71)52-37-33-48(34-38-52)46-19-7-2-8-20-46/h1-38,41-44H,39-40H2. The lowest BCUT2D eigenvalue weighted by Crippen LogP contribution is -2.02. The molecule has 0 amide bonds. The monoisotopic (exact) mass is 910 g/mol. The maximum Gasteiger partial charge on any atom is -0.000741 e. The molecule has 0 N–H and O–H groups in total. The summed E-state index contributed by atoms with van der Waals surface area (Å²) in [6.07, 6.45) is 1.98. The molecule has 0 nitrogen and oxygen atoms in total. The molecule has 0 aromatic heterocycles. The van der Waals surface area contributed by atoms with Gasteiger partial charge in [0.1, 0.15) is 0 Å². The molecular weight excluding hydrogens is 865 g/mol. The lowest BCUT2D eigenvalue weighted by molar-refractivity contribution is 1.08. The summed E-state index contributed by atoms with van der Waals surface area (Å²) in [6.45, 7) is 0. The molecule has 0 atom stereocenters. The van der Waals surface area contributed by atoms with Crippen molar-refractivity contribution in [1.82, 2.24) is 0 Å². The first-order valence-corrected chi connectivity index (χ1v) is 25.4. The molecule has 0 saturated heterocycles. The molecule has 0 bridgehead atoms. The summed E-state index contributed by atoms with van der Waals surface area (Å²) in [5.74, 6) is 0. The van der Waals surface area contributed by atoms with Gasteiger partial charge in [-0.3, -0.25) is 0 Å². The Morgan fingerprint density at radius 3 is 1.00 bits per heavy atom. The van der Waals surface area contributed by atoms with Crippen molar-refractivity contribution in [2.45, 2.75) is 12.8 Å². The number of benzene rings is 12. The number of fused-ring (bicyclic) bond motifs is 7. The second kappa shape index (κ2) is 16.2. The first-order chi connectivity index (χ1) is 35.8. The van der Waals surface area contributed by atoms with Crippen molar-refractivity contribution in [3.05, 3.63) is 277 Å². The van der Waals surface area contributed by atoms with Crippen molar-refractivity contribution in [2.24, 2.45) is 0 Å². The minimum Gasteiger partial charge on any atom is -0.0622 e. The van der Waals surface area contributed by atoms with Crippen LogP contribution in [0.2, 0.25) is 0 Å². The van der Waals surface area contributed by atoms with Crippen LogP contribution >= 0.6 is 0 Å². The van der Waals surface area contributed by atoms with Gasteiger partial charge in [0.25, 0.3) is 0 Å². The second-order valence-corrected chi connectivity index (χ2v) is 19.6. The van der Waals surface area contributed by atoms with E-state index in [1.165, 1.54) is 155 Å². The second-order valence-electron chi connectivity index (χ2n) is 19.6. The summed E-state index contributed by atoms with van der Waals surface area (Å²) >= 11 is 0. The molecule has 0 radical (unpaired) electrons. The Kier molecular flexibility index (Phi) is 9.19. The summed E-state index contributed by atoms with van der Waals surface area (Å²) in [6, 6.07) is 95.1. The van der Waals surface area contributed by atoms with Crippen LogP contribution in [0.4, 0.5) is 0 Å². The summed E-state index contributed by atoms with van der Waals surface area (Å²) in [4.78, 5) is 0. The molecule has 15 rings (SSSR count). The molecule has 12 aromatic carbocycles. The van der Waals surface area contributed by atoms with Gasteiger partial charge in [-0.15, -0.1) is 0 Å². The Morgan fingerprint density at radius 2 is 0.486 bits per heavy atom. The van der Waals surface area contributed by atoms with Crippen molar-refractivity contribution in [3.8, 4) is 77.9 Å². The zero-order valence-electron chi connectivity index (χ0n) is 39.7. The number of hydrogen-bond donors (Lipinski definition) is 0. The van der Waals surface area contributed by atoms with Gasteiger partial charge in [0.2, 0.25) is 0 Å². The average Bonchev–Trinajstić information content (AvgIpc) is 3.98. The zero-order valence-corrected chi connectivity index (χ0v) is 39.7. The minimum atomic E-state index is 0.986. The molecular formula is C72H46. The van der Waals surface area contributed by atoms with Crippen LogP contribution < -0.4 is 0 Å². The average molecular weight is 911 g/mol. The van der Waals surface area contributed by atoms with Gasteiger partial charge in [-0.2, -0.15) is 0 Å². The van der Waals surface area contributed by atoms with Crippen LogP contribution in [-0.4, -0.2) is 0 Å². The van der Waals surface area contributed by atoms with Crippen LogP contribution in [0.15, 0.2) is 255 Å². The van der Waals surface area contributed by atoms with E-state index in [0.29, 0.717) is 0 Å². The van der Waals surface area contributed by atoms with E-state index in [-0.39, 0.29) is 0 Å². The van der Waals surface area contributed by atoms with E-state index in [2.05, 4.69) is 255 Å². The third-order valence-electron chi connectivity index (χ3n) is 15.9. The topological polar surface area (TPSA) is 0 Å². The fraction of sp³-hybridized carbons (Fsp3) is 0.0278. The van der Waals surface area contributed by atoms with Gasteiger partial charge in [-0.25, -0.2) is 0 Å². The molecule has 0 heterocycles. The van der Waals surface area contributed by atoms with Crippen molar-refractivity contribution in [3.63, 3.8) is 0 Å². The van der Waals surface area contributed by atoms with Crippen LogP contribution in [0.1, 0.15) is 35.1 Å². The first-order valence-electron chi connectivity index (χ1n) is 25.4. The Labute approximate surface area is 420 Å². The quantitative estimate of drug-likeness (QED) is 0.149. The van der Waals surface area contributed by atoms with E-state index in [1.54, 1.807) is 0 Å². The Morgan fingerprint density at radius 1 is 0.181 bits per heavy atom. The molecule has 12 aromatic rings. The van der Waals surface area contributed by atoms with Crippen molar-refractivity contribution < 1.29 is 0 Å². The molecule has 334 valence electrons. The zero-order chi connectivity index (χ0) is 47.3. The van der Waals surface area contributed by atoms with E-state index >= 15 is 0 Å². The smallest absolute Gasteiger partial charge is 0.000741 e. The molecule has 0 unspecified atom stereocenters. The molecule has 0 aliphatic heterocycles. The molecule has 72 heavy (non-hydrogen) atoms. The van der Waals surface area contributed by atoms with Gasteiger partial charge in [0.05, 0.1) is 0 Å². The summed E-state index contributed by atoms with van der Waals surface area (Å²) in [7, 11) is 0. The highest BCUT2D eigenvalue weighted by molar-refractivity contribution is 6.35. The van der Waals surface area contributed by atoms with Crippen LogP contribution in [0.3, 0.4) is 0 Å². The third-order valence-corrected chi connectivity index (χ3v) is 15.9. The van der Waals surface area contributed by atoms with Gasteiger partial charge >= 0.3 is 0 Å². The van der Waals surface area contributed by atoms with Crippen molar-refractivity contribution in [2.75, 3.05) is 0 Å². The van der Waals surface area contributed by atoms with Crippen LogP contribution in [0, 0.1) is 0 Å². The molecule has 0 fully saturated rings. The van der Waals surface area contributed by atoms with E-state index < -0.39 is 0 Å². The fourth-order valence-corrected chi connectivity index (χ4v) is 12.9. The van der Waals surface area contributed by atoms with Crippen LogP contribution in [-0.2, 0) is 0 Å². The number of allylic oxidation sites excluding steroid dienone is 4. The lowest BCUT2D eigenvalue weighted by Gasteiger charge is -2.24. The molecule has 3 aliphatic carbocycles. The van der Waals surface area contributed by atoms with E-state index in [1.807, 2.05) is 0 Å². The molecule has 0 heteroatoms. The van der Waals surface area contributed by atoms with E-state index in [0.717, 1.165) is 12.8 Å². The minimum absolute atomic E-state index is 0.986. The Balaban J connectivity index is 0.954. The lowest BCUT2D eigenvalue weighted by atomic mass is 9.79. The molecule has 3 aliphatic rings. The van der Waals surface area contributed by atoms with Crippen LogP contribution in [0.5, 0.6) is 0 Å². The SMILES string of the molecule is c1ccc(C2=C3C(=C(c4ccc(-c5ccccc5)cc4)CC2)c2ccc(-c4ccc5c6c(cccc46)-c4c-5c(-c5ccc(-c6ccccc6)cc5)c5ccccc5c4-c4ccccc4)c4cccc3c24)cc1. The highest BCUT2D eigenvalue weighted by Gasteiger charge is 2.35. The van der Waals surface area contributed by atoms with Gasteiger partial charge in [-0.05, 0) is 168 Å². The van der Waals surface area contributed by atoms with Gasteiger partial charge in [0.15, 0.2) is 0 Å². The maximum atomic E-state index is 2.45. The Bertz CT molecular complexity index is 4230. The predicted molar refractivity (Wildman–Crippen MR) is 306 cm³/mol. The maximum absolute atomic E-state index is 2.45. The normalized spacial score (nSPS) is 13.3. The number of rotatable bonds is 7. The first kappa shape index (κ1) is 40.8. The molecule has 0 spiro atoms. The largest absolute Gasteiger partial charge is 0.0622 e. The molecule has 0 saturated carbocycles.